The van der Waals surface area contributed by atoms with Crippen molar-refractivity contribution in [1.29, 1.82) is 0 Å². The van der Waals surface area contributed by atoms with E-state index in [2.05, 4.69) is 43.4 Å². The topological polar surface area (TPSA) is 38.3 Å². The second-order valence-electron chi connectivity index (χ2n) is 10.6. The van der Waals surface area contributed by atoms with Crippen molar-refractivity contribution in [2.45, 2.75) is 39.3 Å². The number of benzene rings is 4. The summed E-state index contributed by atoms with van der Waals surface area (Å²) in [5.41, 5.74) is 5.02. The van der Waals surface area contributed by atoms with Gasteiger partial charge in [0.1, 0.15) is 18.2 Å². The number of anilines is 1. The average Bonchev–Trinajstić information content (AvgIpc) is 2.87. The van der Waals surface area contributed by atoms with Crippen molar-refractivity contribution in [3.63, 3.8) is 0 Å². The minimum absolute atomic E-state index is 0.0106. The van der Waals surface area contributed by atoms with Gasteiger partial charge in [-0.05, 0) is 52.4 Å². The number of para-hydroxylation sites is 1. The maximum atomic E-state index is 14.4. The molecule has 1 aliphatic heterocycles. The van der Waals surface area contributed by atoms with Crippen LogP contribution in [0, 0.1) is 11.2 Å². The SMILES string of the molecule is CC1(C)CC(=O)C2=C(C1)c1c(ccc3ccccc13)N[C@@H]2c1ccccc1OCc1c(F)cccc1Cl. The van der Waals surface area contributed by atoms with Crippen LogP contribution in [-0.2, 0) is 11.4 Å². The van der Waals surface area contributed by atoms with Gasteiger partial charge in [0, 0.05) is 34.4 Å². The van der Waals surface area contributed by atoms with E-state index in [4.69, 9.17) is 16.3 Å². The number of halogens is 2. The Kier molecular flexibility index (Phi) is 5.80. The monoisotopic (exact) mass is 511 g/mol. The van der Waals surface area contributed by atoms with Crippen LogP contribution in [0.3, 0.4) is 0 Å². The first-order valence-corrected chi connectivity index (χ1v) is 12.9. The molecule has 0 saturated heterocycles. The largest absolute Gasteiger partial charge is 0.488 e. The van der Waals surface area contributed by atoms with Crippen LogP contribution in [0.5, 0.6) is 5.75 Å². The minimum atomic E-state index is -0.406. The van der Waals surface area contributed by atoms with Crippen molar-refractivity contribution < 1.29 is 13.9 Å². The minimum Gasteiger partial charge on any atom is -0.488 e. The molecule has 0 fully saturated rings. The molecule has 5 heteroatoms. The molecule has 1 heterocycles. The summed E-state index contributed by atoms with van der Waals surface area (Å²) < 4.78 is 20.6. The molecule has 0 spiro atoms. The van der Waals surface area contributed by atoms with Gasteiger partial charge in [0.25, 0.3) is 0 Å². The third kappa shape index (κ3) is 4.19. The second-order valence-corrected chi connectivity index (χ2v) is 11.1. The second kappa shape index (κ2) is 9.04. The predicted octanol–water partition coefficient (Wildman–Crippen LogP) is 8.52. The molecule has 1 atom stereocenters. The standard InChI is InChI=1S/C32H27ClFNO2/c1-32(2)16-22-29-20-9-4-3-8-19(20)14-15-26(29)35-31(30(22)27(36)17-32)21-10-5-6-13-28(21)37-18-23-24(33)11-7-12-25(23)34/h3-15,31,35H,16-18H2,1-2H3/t31-/m1/s1. The van der Waals surface area contributed by atoms with Crippen LogP contribution in [0.25, 0.3) is 16.3 Å². The van der Waals surface area contributed by atoms with E-state index in [-0.39, 0.29) is 23.8 Å². The van der Waals surface area contributed by atoms with Gasteiger partial charge in [0.15, 0.2) is 5.78 Å². The van der Waals surface area contributed by atoms with E-state index in [1.807, 2.05) is 36.4 Å². The van der Waals surface area contributed by atoms with Crippen molar-refractivity contribution in [3.8, 4) is 5.75 Å². The Morgan fingerprint density at radius 3 is 2.59 bits per heavy atom. The summed E-state index contributed by atoms with van der Waals surface area (Å²) in [5, 5.41) is 6.28. The Morgan fingerprint density at radius 2 is 1.76 bits per heavy atom. The molecule has 0 amide bonds. The molecule has 0 aromatic heterocycles. The van der Waals surface area contributed by atoms with Crippen molar-refractivity contribution in [1.82, 2.24) is 0 Å². The van der Waals surface area contributed by atoms with Crippen LogP contribution in [0.15, 0.2) is 84.4 Å². The maximum Gasteiger partial charge on any atom is 0.162 e. The lowest BCUT2D eigenvalue weighted by atomic mass is 9.68. The first-order valence-electron chi connectivity index (χ1n) is 12.5. The van der Waals surface area contributed by atoms with Crippen molar-refractivity contribution >= 4 is 39.4 Å². The molecule has 0 bridgehead atoms. The zero-order valence-corrected chi connectivity index (χ0v) is 21.5. The summed E-state index contributed by atoms with van der Waals surface area (Å²) in [6.07, 6.45) is 1.29. The third-order valence-corrected chi connectivity index (χ3v) is 7.76. The van der Waals surface area contributed by atoms with E-state index in [1.165, 1.54) is 6.07 Å². The number of allylic oxidation sites excluding steroid dienone is 1. The van der Waals surface area contributed by atoms with Crippen LogP contribution >= 0.6 is 11.6 Å². The number of ether oxygens (including phenoxy) is 1. The zero-order valence-electron chi connectivity index (χ0n) is 20.8. The Bertz CT molecular complexity index is 1570. The lowest BCUT2D eigenvalue weighted by Gasteiger charge is -2.40. The zero-order chi connectivity index (χ0) is 25.7. The molecule has 6 rings (SSSR count). The predicted molar refractivity (Wildman–Crippen MR) is 147 cm³/mol. The lowest BCUT2D eigenvalue weighted by molar-refractivity contribution is -0.118. The Balaban J connectivity index is 1.48. The number of Topliss-reactive ketones (excluding diaryl/α,β-unsaturated/α-hetero) is 1. The molecule has 2 aliphatic rings. The van der Waals surface area contributed by atoms with Gasteiger partial charge < -0.3 is 10.1 Å². The fraction of sp³-hybridized carbons (Fsp3) is 0.219. The fourth-order valence-corrected chi connectivity index (χ4v) is 5.96. The Morgan fingerprint density at radius 1 is 0.973 bits per heavy atom. The first-order chi connectivity index (χ1) is 17.8. The average molecular weight is 512 g/mol. The van der Waals surface area contributed by atoms with Gasteiger partial charge in [0.05, 0.1) is 11.1 Å². The number of rotatable bonds is 4. The number of fused-ring (bicyclic) bond motifs is 4. The molecule has 0 radical (unpaired) electrons. The normalized spacial score (nSPS) is 18.3. The quantitative estimate of drug-likeness (QED) is 0.298. The van der Waals surface area contributed by atoms with Gasteiger partial charge in [0.2, 0.25) is 0 Å². The smallest absolute Gasteiger partial charge is 0.162 e. The van der Waals surface area contributed by atoms with Gasteiger partial charge >= 0.3 is 0 Å². The van der Waals surface area contributed by atoms with E-state index < -0.39 is 5.82 Å². The van der Waals surface area contributed by atoms with Crippen molar-refractivity contribution in [3.05, 3.63) is 112 Å². The van der Waals surface area contributed by atoms with E-state index in [0.29, 0.717) is 22.8 Å². The summed E-state index contributed by atoms with van der Waals surface area (Å²) in [7, 11) is 0. The van der Waals surface area contributed by atoms with Crippen LogP contribution in [0.1, 0.15) is 49.4 Å². The highest BCUT2D eigenvalue weighted by atomic mass is 35.5. The van der Waals surface area contributed by atoms with E-state index >= 15 is 0 Å². The highest BCUT2D eigenvalue weighted by Gasteiger charge is 2.41. The summed E-state index contributed by atoms with van der Waals surface area (Å²) in [5.74, 6) is 0.332. The molecule has 186 valence electrons. The van der Waals surface area contributed by atoms with Gasteiger partial charge in [-0.15, -0.1) is 0 Å². The summed E-state index contributed by atoms with van der Waals surface area (Å²) in [4.78, 5) is 13.7. The van der Waals surface area contributed by atoms with Gasteiger partial charge in [-0.1, -0.05) is 80.0 Å². The number of carbonyl (C=O) groups excluding carboxylic acids is 1. The highest BCUT2D eigenvalue weighted by molar-refractivity contribution is 6.31. The number of hydrogen-bond donors (Lipinski definition) is 1. The molecule has 3 nitrogen and oxygen atoms in total. The number of hydrogen-bond acceptors (Lipinski definition) is 3. The van der Waals surface area contributed by atoms with Crippen LogP contribution < -0.4 is 10.1 Å². The third-order valence-electron chi connectivity index (χ3n) is 7.40. The molecule has 4 aromatic rings. The number of carbonyl (C=O) groups is 1. The molecule has 4 aromatic carbocycles. The molecule has 1 aliphatic carbocycles. The summed E-state index contributed by atoms with van der Waals surface area (Å²) in [6.45, 7) is 4.31. The number of ketones is 1. The Labute approximate surface area is 220 Å². The van der Waals surface area contributed by atoms with Crippen LogP contribution in [0.4, 0.5) is 10.1 Å². The van der Waals surface area contributed by atoms with E-state index in [9.17, 15) is 9.18 Å². The molecule has 1 N–H and O–H groups in total. The van der Waals surface area contributed by atoms with Crippen LogP contribution in [-0.4, -0.2) is 5.78 Å². The number of nitrogens with one attached hydrogen (secondary N) is 1. The highest BCUT2D eigenvalue weighted by Crippen LogP contribution is 2.52. The van der Waals surface area contributed by atoms with Crippen LogP contribution in [0.2, 0.25) is 5.02 Å². The molecular weight excluding hydrogens is 485 g/mol. The molecular formula is C32H27ClFNO2. The molecule has 0 saturated carbocycles. The van der Waals surface area contributed by atoms with Gasteiger partial charge in [-0.25, -0.2) is 4.39 Å². The van der Waals surface area contributed by atoms with Gasteiger partial charge in [-0.2, -0.15) is 0 Å². The van der Waals surface area contributed by atoms with Crippen molar-refractivity contribution in [2.24, 2.45) is 5.41 Å². The maximum absolute atomic E-state index is 14.4. The fourth-order valence-electron chi connectivity index (χ4n) is 5.74. The lowest BCUT2D eigenvalue weighted by Crippen LogP contribution is -2.33. The van der Waals surface area contributed by atoms with E-state index in [0.717, 1.165) is 45.2 Å². The first kappa shape index (κ1) is 23.7. The van der Waals surface area contributed by atoms with Gasteiger partial charge in [-0.3, -0.25) is 4.79 Å². The van der Waals surface area contributed by atoms with Crippen molar-refractivity contribution in [2.75, 3.05) is 5.32 Å². The molecule has 37 heavy (non-hydrogen) atoms. The van der Waals surface area contributed by atoms with E-state index in [1.54, 1.807) is 12.1 Å². The Hall–Kier alpha value is -3.63. The summed E-state index contributed by atoms with van der Waals surface area (Å²) in [6, 6.07) is 24.4. The molecule has 0 unspecified atom stereocenters. The summed E-state index contributed by atoms with van der Waals surface area (Å²) >= 11 is 6.24.